The van der Waals surface area contributed by atoms with Gasteiger partial charge in [-0.1, -0.05) is 0 Å². The SMILES string of the molecule is Cc1nn(C)cc1S(=O)(=O)N[C@@H]1CC[C@@H](N2CCNC(=O)C2)[C@@H]1O. The highest BCUT2D eigenvalue weighted by Gasteiger charge is 2.41. The number of amides is 1. The first-order chi connectivity index (χ1) is 11.3. The van der Waals surface area contributed by atoms with Gasteiger partial charge in [0.05, 0.1) is 18.3 Å². The molecule has 2 heterocycles. The van der Waals surface area contributed by atoms with E-state index in [4.69, 9.17) is 0 Å². The monoisotopic (exact) mass is 357 g/mol. The number of hydrogen-bond acceptors (Lipinski definition) is 6. The van der Waals surface area contributed by atoms with Crippen molar-refractivity contribution in [1.29, 1.82) is 0 Å². The third-order valence-corrected chi connectivity index (χ3v) is 6.27. The Balaban J connectivity index is 1.70. The molecule has 1 aromatic heterocycles. The van der Waals surface area contributed by atoms with Crippen molar-refractivity contribution in [2.24, 2.45) is 7.05 Å². The van der Waals surface area contributed by atoms with Gasteiger partial charge in [0.25, 0.3) is 0 Å². The second-order valence-corrected chi connectivity index (χ2v) is 8.12. The summed E-state index contributed by atoms with van der Waals surface area (Å²) in [4.78, 5) is 13.6. The van der Waals surface area contributed by atoms with Gasteiger partial charge in [0.2, 0.25) is 15.9 Å². The number of nitrogens with zero attached hydrogens (tertiary/aromatic N) is 3. The number of rotatable bonds is 4. The fourth-order valence-corrected chi connectivity index (χ4v) is 5.04. The summed E-state index contributed by atoms with van der Waals surface area (Å²) < 4.78 is 29.1. The Hall–Kier alpha value is -1.49. The summed E-state index contributed by atoms with van der Waals surface area (Å²) in [5, 5.41) is 17.3. The lowest BCUT2D eigenvalue weighted by Gasteiger charge is -2.34. The number of aryl methyl sites for hydroxylation is 2. The topological polar surface area (TPSA) is 117 Å². The van der Waals surface area contributed by atoms with Gasteiger partial charge in [0.15, 0.2) is 0 Å². The zero-order chi connectivity index (χ0) is 17.5. The minimum absolute atomic E-state index is 0.0662. The minimum Gasteiger partial charge on any atom is -0.390 e. The van der Waals surface area contributed by atoms with Gasteiger partial charge in [0.1, 0.15) is 4.90 Å². The number of hydrogen-bond donors (Lipinski definition) is 3. The first-order valence-electron chi connectivity index (χ1n) is 7.99. The lowest BCUT2D eigenvalue weighted by atomic mass is 10.1. The van der Waals surface area contributed by atoms with Crippen LogP contribution in [0, 0.1) is 6.92 Å². The fraction of sp³-hybridized carbons (Fsp3) is 0.714. The number of aromatic nitrogens is 2. The third kappa shape index (κ3) is 3.32. The first-order valence-corrected chi connectivity index (χ1v) is 9.47. The van der Waals surface area contributed by atoms with Gasteiger partial charge in [-0.25, -0.2) is 13.1 Å². The van der Waals surface area contributed by atoms with E-state index in [1.165, 1.54) is 10.9 Å². The number of carbonyl (C=O) groups is 1. The fourth-order valence-electron chi connectivity index (χ4n) is 3.53. The number of sulfonamides is 1. The summed E-state index contributed by atoms with van der Waals surface area (Å²) >= 11 is 0. The third-order valence-electron chi connectivity index (χ3n) is 4.68. The Morgan fingerprint density at radius 3 is 2.79 bits per heavy atom. The van der Waals surface area contributed by atoms with Crippen LogP contribution in [0.3, 0.4) is 0 Å². The second-order valence-electron chi connectivity index (χ2n) is 6.44. The van der Waals surface area contributed by atoms with Crippen LogP contribution in [0.4, 0.5) is 0 Å². The number of carbonyl (C=O) groups excluding carboxylic acids is 1. The van der Waals surface area contributed by atoms with E-state index in [0.29, 0.717) is 31.6 Å². The molecule has 1 aliphatic carbocycles. The highest BCUT2D eigenvalue weighted by molar-refractivity contribution is 7.89. The van der Waals surface area contributed by atoms with Crippen molar-refractivity contribution in [2.75, 3.05) is 19.6 Å². The van der Waals surface area contributed by atoms with Crippen molar-refractivity contribution in [3.05, 3.63) is 11.9 Å². The molecule has 1 aromatic rings. The van der Waals surface area contributed by atoms with Crippen LogP contribution in [0.2, 0.25) is 0 Å². The highest BCUT2D eigenvalue weighted by atomic mass is 32.2. The molecule has 3 atom stereocenters. The molecule has 24 heavy (non-hydrogen) atoms. The van der Waals surface area contributed by atoms with Gasteiger partial charge < -0.3 is 10.4 Å². The van der Waals surface area contributed by atoms with Gasteiger partial charge in [-0.15, -0.1) is 0 Å². The molecule has 2 fully saturated rings. The van der Waals surface area contributed by atoms with E-state index in [9.17, 15) is 18.3 Å². The van der Waals surface area contributed by atoms with Crippen molar-refractivity contribution in [3.63, 3.8) is 0 Å². The lowest BCUT2D eigenvalue weighted by Crippen LogP contribution is -2.55. The van der Waals surface area contributed by atoms with Gasteiger partial charge >= 0.3 is 0 Å². The highest BCUT2D eigenvalue weighted by Crippen LogP contribution is 2.27. The number of piperazine rings is 1. The predicted molar refractivity (Wildman–Crippen MR) is 85.7 cm³/mol. The molecule has 0 bridgehead atoms. The second kappa shape index (κ2) is 6.43. The van der Waals surface area contributed by atoms with Crippen molar-refractivity contribution < 1.29 is 18.3 Å². The Morgan fingerprint density at radius 2 is 2.17 bits per heavy atom. The molecule has 1 saturated carbocycles. The van der Waals surface area contributed by atoms with Crippen molar-refractivity contribution in [2.45, 2.75) is 42.8 Å². The van der Waals surface area contributed by atoms with E-state index < -0.39 is 22.2 Å². The zero-order valence-corrected chi connectivity index (χ0v) is 14.6. The number of nitrogens with one attached hydrogen (secondary N) is 2. The number of aliphatic hydroxyl groups excluding tert-OH is 1. The Kier molecular flexibility index (Phi) is 4.65. The average molecular weight is 357 g/mol. The molecule has 0 unspecified atom stereocenters. The first kappa shape index (κ1) is 17.3. The van der Waals surface area contributed by atoms with E-state index in [1.54, 1.807) is 14.0 Å². The summed E-state index contributed by atoms with van der Waals surface area (Å²) in [7, 11) is -2.08. The van der Waals surface area contributed by atoms with E-state index >= 15 is 0 Å². The Labute approximate surface area is 141 Å². The molecule has 1 saturated heterocycles. The van der Waals surface area contributed by atoms with Crippen LogP contribution in [-0.4, -0.2) is 71.9 Å². The normalized spacial score (nSPS) is 29.0. The molecule has 0 aromatic carbocycles. The molecule has 10 heteroatoms. The van der Waals surface area contributed by atoms with E-state index in [-0.39, 0.29) is 23.4 Å². The van der Waals surface area contributed by atoms with Crippen LogP contribution >= 0.6 is 0 Å². The predicted octanol–water partition coefficient (Wildman–Crippen LogP) is -1.67. The van der Waals surface area contributed by atoms with Crippen LogP contribution in [0.15, 0.2) is 11.1 Å². The smallest absolute Gasteiger partial charge is 0.244 e. The molecule has 3 N–H and O–H groups in total. The minimum atomic E-state index is -3.74. The molecule has 0 spiro atoms. The standard InChI is InChI=1S/C14H23N5O4S/c1-9-12(7-18(2)16-9)24(22,23)17-10-3-4-11(14(10)21)19-6-5-15-13(20)8-19/h7,10-11,14,17,21H,3-6,8H2,1-2H3,(H,15,20)/t10-,11-,14-/m1/s1. The average Bonchev–Trinajstić information content (AvgIpc) is 3.02. The molecule has 134 valence electrons. The summed E-state index contributed by atoms with van der Waals surface area (Å²) in [6, 6.07) is -0.775. The van der Waals surface area contributed by atoms with Crippen molar-refractivity contribution in [3.8, 4) is 0 Å². The molecule has 0 radical (unpaired) electrons. The van der Waals surface area contributed by atoms with Crippen LogP contribution in [-0.2, 0) is 21.9 Å². The van der Waals surface area contributed by atoms with Crippen LogP contribution < -0.4 is 10.0 Å². The van der Waals surface area contributed by atoms with Crippen molar-refractivity contribution >= 4 is 15.9 Å². The quantitative estimate of drug-likeness (QED) is 0.593. The van der Waals surface area contributed by atoms with Crippen LogP contribution in [0.25, 0.3) is 0 Å². The summed E-state index contributed by atoms with van der Waals surface area (Å²) in [5.74, 6) is -0.0662. The van der Waals surface area contributed by atoms with Gasteiger partial charge in [-0.2, -0.15) is 5.10 Å². The summed E-state index contributed by atoms with van der Waals surface area (Å²) in [6.45, 7) is 3.08. The van der Waals surface area contributed by atoms with E-state index in [1.807, 2.05) is 4.90 Å². The maximum atomic E-state index is 12.5. The molecular weight excluding hydrogens is 334 g/mol. The maximum absolute atomic E-state index is 12.5. The molecule has 1 aliphatic heterocycles. The van der Waals surface area contributed by atoms with Crippen LogP contribution in [0.5, 0.6) is 0 Å². The molecule has 1 amide bonds. The Morgan fingerprint density at radius 1 is 1.42 bits per heavy atom. The Bertz CT molecular complexity index is 732. The summed E-state index contributed by atoms with van der Waals surface area (Å²) in [6.07, 6.45) is 1.78. The van der Waals surface area contributed by atoms with Gasteiger partial charge in [-0.05, 0) is 19.8 Å². The van der Waals surface area contributed by atoms with Gasteiger partial charge in [-0.3, -0.25) is 14.4 Å². The maximum Gasteiger partial charge on any atom is 0.244 e. The molecule has 9 nitrogen and oxygen atoms in total. The lowest BCUT2D eigenvalue weighted by molar-refractivity contribution is -0.125. The molecule has 3 rings (SSSR count). The molecular formula is C14H23N5O4S. The zero-order valence-electron chi connectivity index (χ0n) is 13.8. The van der Waals surface area contributed by atoms with Gasteiger partial charge in [0, 0.05) is 38.4 Å². The number of aliphatic hydroxyl groups is 1. The molecule has 2 aliphatic rings. The van der Waals surface area contributed by atoms with Crippen molar-refractivity contribution in [1.82, 2.24) is 24.7 Å². The van der Waals surface area contributed by atoms with E-state index in [0.717, 1.165) is 0 Å². The van der Waals surface area contributed by atoms with Crippen LogP contribution in [0.1, 0.15) is 18.5 Å². The van der Waals surface area contributed by atoms with E-state index in [2.05, 4.69) is 15.1 Å². The largest absolute Gasteiger partial charge is 0.390 e. The summed E-state index contributed by atoms with van der Waals surface area (Å²) in [5.41, 5.74) is 0.418.